The SMILES string of the molecule is CCON=C(C(=O)NC1C(=O)N2C(C(=O)[O-])=C(C[n+]3ccc(CSc4nc(=O)c(O)nn4C)cc3)CS[C@@H]12)c1nsc(N)n1. The molecular formula is C24H24N10O7S3. The highest BCUT2D eigenvalue weighted by Crippen LogP contribution is 2.40. The molecule has 1 fully saturated rings. The average molecular weight is 661 g/mol. The largest absolute Gasteiger partial charge is 0.543 e. The van der Waals surface area contributed by atoms with Crippen molar-refractivity contribution >= 4 is 63.7 Å². The number of aliphatic carboxylic acids is 1. The van der Waals surface area contributed by atoms with Gasteiger partial charge in [0.1, 0.15) is 18.0 Å². The van der Waals surface area contributed by atoms with Gasteiger partial charge in [-0.25, -0.2) is 9.25 Å². The molecule has 17 nitrogen and oxygen atoms in total. The molecule has 0 saturated carbocycles. The number of aromatic nitrogens is 6. The summed E-state index contributed by atoms with van der Waals surface area (Å²) in [7, 11) is 1.56. The molecule has 20 heteroatoms. The Hall–Kier alpha value is -4.56. The number of thioether (sulfide) groups is 2. The van der Waals surface area contributed by atoms with Crippen molar-refractivity contribution in [2.24, 2.45) is 12.2 Å². The van der Waals surface area contributed by atoms with E-state index in [2.05, 4.69) is 29.9 Å². The smallest absolute Gasteiger partial charge is 0.336 e. The van der Waals surface area contributed by atoms with Crippen molar-refractivity contribution in [3.63, 3.8) is 0 Å². The lowest BCUT2D eigenvalue weighted by molar-refractivity contribution is -0.689. The highest BCUT2D eigenvalue weighted by Gasteiger charge is 2.53. The number of carboxylic acid groups (broad SMARTS) is 1. The van der Waals surface area contributed by atoms with Gasteiger partial charge in [-0.2, -0.15) is 14.3 Å². The molecule has 0 spiro atoms. The van der Waals surface area contributed by atoms with Crippen LogP contribution in [-0.4, -0.2) is 81.4 Å². The molecule has 2 atom stereocenters. The Morgan fingerprint density at radius 1 is 1.32 bits per heavy atom. The second kappa shape index (κ2) is 13.0. The van der Waals surface area contributed by atoms with Crippen molar-refractivity contribution in [3.05, 3.63) is 57.5 Å². The zero-order valence-electron chi connectivity index (χ0n) is 23.1. The van der Waals surface area contributed by atoms with E-state index in [1.165, 1.54) is 28.2 Å². The molecule has 4 N–H and O–H groups in total. The number of rotatable bonds is 11. The normalized spacial score (nSPS) is 18.1. The molecule has 3 aromatic heterocycles. The molecule has 5 heterocycles. The first-order valence-electron chi connectivity index (χ1n) is 12.8. The van der Waals surface area contributed by atoms with Gasteiger partial charge in [-0.1, -0.05) is 16.9 Å². The lowest BCUT2D eigenvalue weighted by Gasteiger charge is -2.50. The number of nitrogen functional groups attached to an aromatic ring is 1. The number of carbonyl (C=O) groups excluding carboxylic acids is 3. The van der Waals surface area contributed by atoms with Crippen LogP contribution in [0.3, 0.4) is 0 Å². The van der Waals surface area contributed by atoms with E-state index in [1.54, 1.807) is 30.9 Å². The van der Waals surface area contributed by atoms with Crippen LogP contribution in [0.2, 0.25) is 0 Å². The van der Waals surface area contributed by atoms with Gasteiger partial charge in [0, 0.05) is 47.8 Å². The Balaban J connectivity index is 1.26. The lowest BCUT2D eigenvalue weighted by Crippen LogP contribution is -2.71. The second-order valence-corrected chi connectivity index (χ2v) is 12.1. The van der Waals surface area contributed by atoms with E-state index in [-0.39, 0.29) is 41.3 Å². The number of carbonyl (C=O) groups is 3. The summed E-state index contributed by atoms with van der Waals surface area (Å²) in [5.74, 6) is -2.89. The maximum atomic E-state index is 13.1. The Bertz CT molecular complexity index is 1740. The third kappa shape index (κ3) is 6.36. The van der Waals surface area contributed by atoms with Crippen LogP contribution in [0, 0.1) is 0 Å². The minimum absolute atomic E-state index is 0.0581. The summed E-state index contributed by atoms with van der Waals surface area (Å²) in [6, 6.07) is 2.63. The van der Waals surface area contributed by atoms with Gasteiger partial charge in [0.15, 0.2) is 29.2 Å². The van der Waals surface area contributed by atoms with Gasteiger partial charge in [-0.15, -0.1) is 16.9 Å². The first-order valence-corrected chi connectivity index (χ1v) is 15.6. The van der Waals surface area contributed by atoms with E-state index in [4.69, 9.17) is 10.6 Å². The standard InChI is InChI=1S/C24H24N10O7S3/c1-3-41-30-13(16-27-23(25)44-31-16)17(35)26-14-20(38)34-15(22(39)40)12(10-42-21(14)34)8-33-6-4-11(5-7-33)9-43-24-28-18(36)19(37)29-32(24)2/h4-7,14,21H,3,8-10H2,1-2H3,(H4-,25,26,27,29,31,35,37,39,40)/t14?,21-/m0/s1. The average Bonchev–Trinajstić information content (AvgIpc) is 3.43. The van der Waals surface area contributed by atoms with Crippen LogP contribution in [0.1, 0.15) is 18.3 Å². The van der Waals surface area contributed by atoms with Gasteiger partial charge >= 0.3 is 5.56 Å². The van der Waals surface area contributed by atoms with E-state index in [0.29, 0.717) is 16.5 Å². The second-order valence-electron chi connectivity index (χ2n) is 9.23. The number of hydrogen-bond donors (Lipinski definition) is 3. The summed E-state index contributed by atoms with van der Waals surface area (Å²) in [6.45, 7) is 2.02. The van der Waals surface area contributed by atoms with Crippen LogP contribution in [-0.2, 0) is 38.6 Å². The van der Waals surface area contributed by atoms with Crippen molar-refractivity contribution in [3.8, 4) is 5.88 Å². The number of pyridine rings is 1. The monoisotopic (exact) mass is 660 g/mol. The van der Waals surface area contributed by atoms with Crippen molar-refractivity contribution in [2.75, 3.05) is 18.1 Å². The minimum Gasteiger partial charge on any atom is -0.543 e. The number of β-lactam (4-membered cyclic amide) rings is 1. The van der Waals surface area contributed by atoms with Crippen molar-refractivity contribution < 1.29 is 34.0 Å². The molecule has 0 aliphatic carbocycles. The van der Waals surface area contributed by atoms with E-state index in [1.807, 2.05) is 12.1 Å². The number of nitrogens with two attached hydrogens (primary N) is 1. The quantitative estimate of drug-likeness (QED) is 0.0648. The molecule has 2 aliphatic heterocycles. The zero-order valence-corrected chi connectivity index (χ0v) is 25.5. The predicted octanol–water partition coefficient (Wildman–Crippen LogP) is -2.26. The highest BCUT2D eigenvalue weighted by molar-refractivity contribution is 8.00. The maximum Gasteiger partial charge on any atom is 0.336 e. The number of anilines is 1. The number of amides is 2. The van der Waals surface area contributed by atoms with E-state index in [0.717, 1.165) is 22.0 Å². The topological polar surface area (TPSA) is 235 Å². The fourth-order valence-corrected chi connectivity index (χ4v) is 6.90. The van der Waals surface area contributed by atoms with Crippen LogP contribution in [0.5, 0.6) is 5.88 Å². The van der Waals surface area contributed by atoms with Gasteiger partial charge in [-0.05, 0) is 12.5 Å². The van der Waals surface area contributed by atoms with Crippen LogP contribution < -0.4 is 26.3 Å². The first kappa shape index (κ1) is 30.9. The third-order valence-corrected chi connectivity index (χ3v) is 9.27. The number of aryl methyl sites for hydroxylation is 1. The van der Waals surface area contributed by atoms with Gasteiger partial charge < -0.3 is 30.9 Å². The molecule has 3 aromatic rings. The Labute approximate surface area is 261 Å². The number of oxime groups is 1. The number of nitrogens with zero attached hydrogens (tertiary/aromatic N) is 8. The molecule has 2 amide bonds. The molecule has 1 unspecified atom stereocenters. The van der Waals surface area contributed by atoms with Crippen LogP contribution in [0.4, 0.5) is 5.13 Å². The van der Waals surface area contributed by atoms with E-state index < -0.39 is 40.6 Å². The zero-order chi connectivity index (χ0) is 31.5. The van der Waals surface area contributed by atoms with Gasteiger partial charge in [-0.3, -0.25) is 19.3 Å². The van der Waals surface area contributed by atoms with Gasteiger partial charge in [0.05, 0.1) is 11.7 Å². The summed E-state index contributed by atoms with van der Waals surface area (Å²) in [5, 5.41) is 31.4. The molecule has 230 valence electrons. The van der Waals surface area contributed by atoms with Crippen LogP contribution >= 0.6 is 35.1 Å². The third-order valence-electron chi connectivity index (χ3n) is 6.29. The van der Waals surface area contributed by atoms with Crippen molar-refractivity contribution in [1.29, 1.82) is 0 Å². The molecule has 0 radical (unpaired) electrons. The van der Waals surface area contributed by atoms with Gasteiger partial charge in [0.2, 0.25) is 11.5 Å². The number of carboxylic acids is 1. The fraction of sp³-hybridized carbons (Fsp3) is 0.333. The Morgan fingerprint density at radius 2 is 2.07 bits per heavy atom. The molecular weight excluding hydrogens is 637 g/mol. The highest BCUT2D eigenvalue weighted by atomic mass is 32.2. The molecule has 0 aromatic carbocycles. The maximum absolute atomic E-state index is 13.1. The molecule has 44 heavy (non-hydrogen) atoms. The summed E-state index contributed by atoms with van der Waals surface area (Å²) in [4.78, 5) is 63.8. The minimum atomic E-state index is -1.50. The van der Waals surface area contributed by atoms with Crippen molar-refractivity contribution in [2.45, 2.75) is 35.8 Å². The van der Waals surface area contributed by atoms with Gasteiger partial charge in [0.25, 0.3) is 17.7 Å². The fourth-order valence-electron chi connectivity index (χ4n) is 4.27. The molecule has 1 saturated heterocycles. The number of hydrogen-bond acceptors (Lipinski definition) is 16. The van der Waals surface area contributed by atoms with E-state index >= 15 is 0 Å². The summed E-state index contributed by atoms with van der Waals surface area (Å²) in [6.07, 6.45) is 3.51. The molecule has 5 rings (SSSR count). The summed E-state index contributed by atoms with van der Waals surface area (Å²) in [5.41, 5.74) is 5.67. The lowest BCUT2D eigenvalue weighted by atomic mass is 10.0. The Morgan fingerprint density at radius 3 is 2.73 bits per heavy atom. The number of fused-ring (bicyclic) bond motifs is 1. The summed E-state index contributed by atoms with van der Waals surface area (Å²) >= 11 is 3.42. The molecule has 0 bridgehead atoms. The Kier molecular flexibility index (Phi) is 9.11. The van der Waals surface area contributed by atoms with Crippen LogP contribution in [0.15, 0.2) is 50.9 Å². The number of aromatic hydroxyl groups is 1. The molecule has 2 aliphatic rings. The first-order chi connectivity index (χ1) is 21.1. The number of nitrogens with one attached hydrogen (secondary N) is 1. The van der Waals surface area contributed by atoms with E-state index in [9.17, 15) is 29.4 Å². The van der Waals surface area contributed by atoms with Crippen LogP contribution in [0.25, 0.3) is 0 Å². The van der Waals surface area contributed by atoms with Crippen molar-refractivity contribution in [1.82, 2.24) is 34.3 Å². The predicted molar refractivity (Wildman–Crippen MR) is 155 cm³/mol. The summed E-state index contributed by atoms with van der Waals surface area (Å²) < 4.78 is 7.04.